The van der Waals surface area contributed by atoms with Crippen molar-refractivity contribution in [1.82, 2.24) is 4.98 Å². The van der Waals surface area contributed by atoms with Gasteiger partial charge in [-0.25, -0.2) is 0 Å². The molecule has 5 nitrogen and oxygen atoms in total. The molecule has 0 spiro atoms. The normalized spacial score (nSPS) is 9.92. The Kier molecular flexibility index (Phi) is 3.33. The second kappa shape index (κ2) is 4.51. The minimum atomic E-state index is -0.433. The molecule has 0 amide bonds. The van der Waals surface area contributed by atoms with E-state index in [0.29, 0.717) is 18.7 Å². The van der Waals surface area contributed by atoms with Crippen LogP contribution in [0.1, 0.15) is 5.69 Å². The molecule has 0 aromatic carbocycles. The molecule has 1 heterocycles. The molecule has 13 heavy (non-hydrogen) atoms. The van der Waals surface area contributed by atoms with Crippen molar-refractivity contribution in [2.24, 2.45) is 0 Å². The number of aromatic nitrogens is 1. The molecule has 0 radical (unpaired) electrons. The van der Waals surface area contributed by atoms with Crippen molar-refractivity contribution in [3.05, 3.63) is 34.1 Å². The maximum Gasteiger partial charge on any atom is 0.290 e. The SMILES string of the molecule is COCCc1ncccc1[N+](=O)[O-]. The molecular weight excluding hydrogens is 172 g/mol. The fourth-order valence-electron chi connectivity index (χ4n) is 0.987. The predicted molar refractivity (Wildman–Crippen MR) is 46.5 cm³/mol. The smallest absolute Gasteiger partial charge is 0.290 e. The summed E-state index contributed by atoms with van der Waals surface area (Å²) in [5.41, 5.74) is 0.522. The van der Waals surface area contributed by atoms with Crippen LogP contribution in [-0.4, -0.2) is 23.6 Å². The van der Waals surface area contributed by atoms with Crippen molar-refractivity contribution in [3.8, 4) is 0 Å². The van der Waals surface area contributed by atoms with Crippen molar-refractivity contribution in [2.45, 2.75) is 6.42 Å². The van der Waals surface area contributed by atoms with Crippen molar-refractivity contribution < 1.29 is 9.66 Å². The Morgan fingerprint density at radius 2 is 2.46 bits per heavy atom. The fraction of sp³-hybridized carbons (Fsp3) is 0.375. The maximum absolute atomic E-state index is 10.5. The van der Waals surface area contributed by atoms with Crippen LogP contribution in [-0.2, 0) is 11.2 Å². The van der Waals surface area contributed by atoms with Crippen LogP contribution in [0.5, 0.6) is 0 Å². The summed E-state index contributed by atoms with van der Waals surface area (Å²) in [4.78, 5) is 14.0. The number of nitrogens with zero attached hydrogens (tertiary/aromatic N) is 2. The number of nitro groups is 1. The third kappa shape index (κ3) is 2.48. The van der Waals surface area contributed by atoms with E-state index in [1.54, 1.807) is 13.2 Å². The Morgan fingerprint density at radius 3 is 3.08 bits per heavy atom. The molecule has 1 aromatic rings. The lowest BCUT2D eigenvalue weighted by Crippen LogP contribution is -2.01. The first-order valence-electron chi connectivity index (χ1n) is 3.83. The highest BCUT2D eigenvalue weighted by atomic mass is 16.6. The van der Waals surface area contributed by atoms with Crippen LogP contribution in [0.3, 0.4) is 0 Å². The van der Waals surface area contributed by atoms with Gasteiger partial charge in [0.15, 0.2) is 0 Å². The van der Waals surface area contributed by atoms with Crippen LogP contribution in [0, 0.1) is 10.1 Å². The van der Waals surface area contributed by atoms with Gasteiger partial charge in [-0.3, -0.25) is 15.1 Å². The number of rotatable bonds is 4. The first-order chi connectivity index (χ1) is 6.25. The van der Waals surface area contributed by atoms with E-state index in [0.717, 1.165) is 0 Å². The molecule has 0 unspecified atom stereocenters. The molecule has 0 aliphatic carbocycles. The predicted octanol–water partition coefficient (Wildman–Crippen LogP) is 1.18. The quantitative estimate of drug-likeness (QED) is 0.518. The van der Waals surface area contributed by atoms with E-state index in [2.05, 4.69) is 4.98 Å². The van der Waals surface area contributed by atoms with Gasteiger partial charge in [-0.15, -0.1) is 0 Å². The van der Waals surface area contributed by atoms with Crippen LogP contribution in [0.4, 0.5) is 5.69 Å². The summed E-state index contributed by atoms with van der Waals surface area (Å²) in [5.74, 6) is 0. The average molecular weight is 182 g/mol. The zero-order chi connectivity index (χ0) is 9.68. The van der Waals surface area contributed by atoms with E-state index in [9.17, 15) is 10.1 Å². The summed E-state index contributed by atoms with van der Waals surface area (Å²) >= 11 is 0. The van der Waals surface area contributed by atoms with E-state index >= 15 is 0 Å². The van der Waals surface area contributed by atoms with Crippen LogP contribution >= 0.6 is 0 Å². The highest BCUT2D eigenvalue weighted by Crippen LogP contribution is 2.14. The number of hydrogen-bond acceptors (Lipinski definition) is 4. The standard InChI is InChI=1S/C8H10N2O3/c1-13-6-4-7-8(10(11)12)3-2-5-9-7/h2-3,5H,4,6H2,1H3. The summed E-state index contributed by atoms with van der Waals surface area (Å²) in [5, 5.41) is 10.5. The summed E-state index contributed by atoms with van der Waals surface area (Å²) in [6.45, 7) is 0.442. The first kappa shape index (κ1) is 9.60. The Hall–Kier alpha value is -1.49. The highest BCUT2D eigenvalue weighted by Gasteiger charge is 2.12. The van der Waals surface area contributed by atoms with E-state index in [1.165, 1.54) is 12.3 Å². The summed E-state index contributed by atoms with van der Waals surface area (Å²) in [7, 11) is 1.55. The second-order valence-corrected chi connectivity index (χ2v) is 2.47. The third-order valence-corrected chi connectivity index (χ3v) is 1.61. The zero-order valence-electron chi connectivity index (χ0n) is 7.27. The summed E-state index contributed by atoms with van der Waals surface area (Å²) in [6.07, 6.45) is 2.01. The van der Waals surface area contributed by atoms with Gasteiger partial charge in [0.1, 0.15) is 5.69 Å². The number of methoxy groups -OCH3 is 1. The molecule has 0 aliphatic heterocycles. The fourth-order valence-corrected chi connectivity index (χ4v) is 0.987. The Bertz CT molecular complexity index is 301. The minimum Gasteiger partial charge on any atom is -0.384 e. The topological polar surface area (TPSA) is 65.3 Å². The average Bonchev–Trinajstić information content (AvgIpc) is 2.15. The van der Waals surface area contributed by atoms with Crippen molar-refractivity contribution in [2.75, 3.05) is 13.7 Å². The lowest BCUT2D eigenvalue weighted by molar-refractivity contribution is -0.386. The molecule has 0 aliphatic rings. The molecule has 70 valence electrons. The maximum atomic E-state index is 10.5. The van der Waals surface area contributed by atoms with Crippen molar-refractivity contribution in [1.29, 1.82) is 0 Å². The zero-order valence-corrected chi connectivity index (χ0v) is 7.27. The van der Waals surface area contributed by atoms with Gasteiger partial charge in [0.25, 0.3) is 5.69 Å². The van der Waals surface area contributed by atoms with Crippen LogP contribution < -0.4 is 0 Å². The Morgan fingerprint density at radius 1 is 1.69 bits per heavy atom. The first-order valence-corrected chi connectivity index (χ1v) is 3.83. The molecule has 5 heteroatoms. The van der Waals surface area contributed by atoms with Crippen LogP contribution in [0.15, 0.2) is 18.3 Å². The molecule has 0 saturated carbocycles. The molecule has 0 bridgehead atoms. The van der Waals surface area contributed by atoms with Gasteiger partial charge in [0, 0.05) is 25.8 Å². The minimum absolute atomic E-state index is 0.0551. The molecule has 0 fully saturated rings. The number of ether oxygens (including phenoxy) is 1. The van der Waals surface area contributed by atoms with Crippen LogP contribution in [0.25, 0.3) is 0 Å². The molecule has 0 N–H and O–H groups in total. The van der Waals surface area contributed by atoms with Gasteiger partial charge in [-0.2, -0.15) is 0 Å². The third-order valence-electron chi connectivity index (χ3n) is 1.61. The van der Waals surface area contributed by atoms with E-state index in [1.807, 2.05) is 0 Å². The summed E-state index contributed by atoms with van der Waals surface area (Å²) in [6, 6.07) is 2.99. The van der Waals surface area contributed by atoms with E-state index in [-0.39, 0.29) is 5.69 Å². The second-order valence-electron chi connectivity index (χ2n) is 2.47. The van der Waals surface area contributed by atoms with E-state index in [4.69, 9.17) is 4.74 Å². The van der Waals surface area contributed by atoms with Crippen LogP contribution in [0.2, 0.25) is 0 Å². The van der Waals surface area contributed by atoms with Crippen molar-refractivity contribution >= 4 is 5.69 Å². The molecule has 0 saturated heterocycles. The molecular formula is C8H10N2O3. The van der Waals surface area contributed by atoms with Gasteiger partial charge in [-0.05, 0) is 6.07 Å². The number of hydrogen-bond donors (Lipinski definition) is 0. The monoisotopic (exact) mass is 182 g/mol. The van der Waals surface area contributed by atoms with Gasteiger partial charge in [0.2, 0.25) is 0 Å². The van der Waals surface area contributed by atoms with Crippen molar-refractivity contribution in [3.63, 3.8) is 0 Å². The van der Waals surface area contributed by atoms with Gasteiger partial charge >= 0.3 is 0 Å². The van der Waals surface area contributed by atoms with Gasteiger partial charge in [-0.1, -0.05) is 0 Å². The Labute approximate surface area is 75.5 Å². The van der Waals surface area contributed by atoms with E-state index < -0.39 is 4.92 Å². The molecule has 1 aromatic heterocycles. The van der Waals surface area contributed by atoms with Gasteiger partial charge < -0.3 is 4.74 Å². The Balaban J connectivity index is 2.84. The molecule has 1 rings (SSSR count). The largest absolute Gasteiger partial charge is 0.384 e. The number of pyridine rings is 1. The summed E-state index contributed by atoms with van der Waals surface area (Å²) < 4.78 is 4.82. The lowest BCUT2D eigenvalue weighted by Gasteiger charge is -1.99. The molecule has 0 atom stereocenters. The highest BCUT2D eigenvalue weighted by molar-refractivity contribution is 5.34. The lowest BCUT2D eigenvalue weighted by atomic mass is 10.2. The van der Waals surface area contributed by atoms with Gasteiger partial charge in [0.05, 0.1) is 11.5 Å².